The molecule has 2 rings (SSSR count). The van der Waals surface area contributed by atoms with Gasteiger partial charge in [-0.2, -0.15) is 4.98 Å². The fourth-order valence-corrected chi connectivity index (χ4v) is 2.19. The van der Waals surface area contributed by atoms with Crippen molar-refractivity contribution >= 4 is 11.8 Å². The van der Waals surface area contributed by atoms with Crippen LogP contribution in [0.15, 0.2) is 12.3 Å². The molecule has 2 heterocycles. The Morgan fingerprint density at radius 3 is 2.94 bits per heavy atom. The number of hydrogen-bond acceptors (Lipinski definition) is 5. The topological polar surface area (TPSA) is 67.1 Å². The summed E-state index contributed by atoms with van der Waals surface area (Å²) >= 11 is 0. The Bertz CT molecular complexity index is 349. The van der Waals surface area contributed by atoms with Gasteiger partial charge in [0.15, 0.2) is 0 Å². The van der Waals surface area contributed by atoms with Gasteiger partial charge in [0.2, 0.25) is 5.95 Å². The molecular formula is C12H21N5. The van der Waals surface area contributed by atoms with Crippen LogP contribution in [0.4, 0.5) is 11.8 Å². The minimum absolute atomic E-state index is 0.509. The van der Waals surface area contributed by atoms with E-state index in [4.69, 9.17) is 5.73 Å². The summed E-state index contributed by atoms with van der Waals surface area (Å²) in [6.45, 7) is 6.78. The highest BCUT2D eigenvalue weighted by atomic mass is 15.2. The Morgan fingerprint density at radius 2 is 2.24 bits per heavy atom. The second kappa shape index (κ2) is 5.82. The summed E-state index contributed by atoms with van der Waals surface area (Å²) in [6.07, 6.45) is 4.37. The van der Waals surface area contributed by atoms with Crippen LogP contribution in [0, 0.1) is 5.92 Å². The molecule has 1 unspecified atom stereocenters. The van der Waals surface area contributed by atoms with Gasteiger partial charge in [-0.3, -0.25) is 0 Å². The van der Waals surface area contributed by atoms with Crippen molar-refractivity contribution in [2.24, 2.45) is 5.92 Å². The van der Waals surface area contributed by atoms with Gasteiger partial charge < -0.3 is 16.0 Å². The number of aromatic nitrogens is 2. The van der Waals surface area contributed by atoms with E-state index in [2.05, 4.69) is 27.1 Å². The zero-order valence-electron chi connectivity index (χ0n) is 10.4. The van der Waals surface area contributed by atoms with Crippen molar-refractivity contribution in [3.8, 4) is 0 Å². The van der Waals surface area contributed by atoms with Crippen LogP contribution >= 0.6 is 0 Å². The van der Waals surface area contributed by atoms with Crippen LogP contribution in [0.1, 0.15) is 19.8 Å². The van der Waals surface area contributed by atoms with Crippen LogP contribution in [0.3, 0.4) is 0 Å². The average molecular weight is 235 g/mol. The first-order valence-corrected chi connectivity index (χ1v) is 6.29. The molecule has 0 spiro atoms. The highest BCUT2D eigenvalue weighted by Crippen LogP contribution is 2.10. The van der Waals surface area contributed by atoms with E-state index in [0.29, 0.717) is 17.7 Å². The summed E-state index contributed by atoms with van der Waals surface area (Å²) in [4.78, 5) is 10.8. The Hall–Kier alpha value is -1.36. The van der Waals surface area contributed by atoms with E-state index in [-0.39, 0.29) is 0 Å². The summed E-state index contributed by atoms with van der Waals surface area (Å²) in [7, 11) is 0. The van der Waals surface area contributed by atoms with E-state index >= 15 is 0 Å². The minimum atomic E-state index is 0.509. The van der Waals surface area contributed by atoms with Gasteiger partial charge in [0.05, 0.1) is 0 Å². The maximum absolute atomic E-state index is 5.60. The van der Waals surface area contributed by atoms with E-state index in [0.717, 1.165) is 13.1 Å². The maximum atomic E-state index is 5.60. The van der Waals surface area contributed by atoms with Crippen LogP contribution in [0.25, 0.3) is 0 Å². The molecule has 0 amide bonds. The molecule has 3 N–H and O–H groups in total. The number of nitrogens with zero attached hydrogens (tertiary/aromatic N) is 3. The molecule has 0 aliphatic carbocycles. The van der Waals surface area contributed by atoms with Crippen LogP contribution in [-0.4, -0.2) is 41.0 Å². The minimum Gasteiger partial charge on any atom is -0.384 e. The van der Waals surface area contributed by atoms with E-state index < -0.39 is 0 Å². The molecule has 1 aromatic rings. The lowest BCUT2D eigenvalue weighted by Gasteiger charge is -2.20. The van der Waals surface area contributed by atoms with Gasteiger partial charge in [0.1, 0.15) is 5.82 Å². The van der Waals surface area contributed by atoms with E-state index in [1.807, 2.05) is 0 Å². The number of nitrogens with one attached hydrogen (secondary N) is 1. The molecule has 1 aliphatic heterocycles. The normalized spacial score (nSPS) is 18.2. The number of likely N-dealkylation sites (tertiary alicyclic amines) is 1. The van der Waals surface area contributed by atoms with Crippen molar-refractivity contribution in [3.05, 3.63) is 12.3 Å². The van der Waals surface area contributed by atoms with Crippen molar-refractivity contribution in [2.45, 2.75) is 19.8 Å². The average Bonchev–Trinajstić information content (AvgIpc) is 2.79. The summed E-state index contributed by atoms with van der Waals surface area (Å²) in [5.41, 5.74) is 5.60. The highest BCUT2D eigenvalue weighted by molar-refractivity contribution is 5.34. The summed E-state index contributed by atoms with van der Waals surface area (Å²) in [5.74, 6) is 1.73. The molecule has 0 bridgehead atoms. The zero-order chi connectivity index (χ0) is 12.1. The summed E-state index contributed by atoms with van der Waals surface area (Å²) in [6, 6.07) is 1.69. The number of nitrogen functional groups attached to an aromatic ring is 1. The van der Waals surface area contributed by atoms with Crippen molar-refractivity contribution in [2.75, 3.05) is 37.2 Å². The molecule has 5 nitrogen and oxygen atoms in total. The predicted octanol–water partition coefficient (Wildman–Crippen LogP) is 1.20. The number of anilines is 2. The van der Waals surface area contributed by atoms with Gasteiger partial charge in [-0.05, 0) is 37.9 Å². The van der Waals surface area contributed by atoms with Crippen LogP contribution < -0.4 is 11.1 Å². The zero-order valence-corrected chi connectivity index (χ0v) is 10.4. The molecule has 0 aromatic carbocycles. The Labute approximate surface area is 102 Å². The van der Waals surface area contributed by atoms with E-state index in [9.17, 15) is 0 Å². The lowest BCUT2D eigenvalue weighted by Crippen LogP contribution is -2.29. The molecular weight excluding hydrogens is 214 g/mol. The Morgan fingerprint density at radius 1 is 1.47 bits per heavy atom. The summed E-state index contributed by atoms with van der Waals surface area (Å²) in [5, 5.41) is 3.23. The fourth-order valence-electron chi connectivity index (χ4n) is 2.19. The first kappa shape index (κ1) is 12.1. The molecule has 94 valence electrons. The largest absolute Gasteiger partial charge is 0.384 e. The molecule has 1 saturated heterocycles. The quantitative estimate of drug-likeness (QED) is 0.802. The lowest BCUT2D eigenvalue weighted by atomic mass is 10.1. The number of rotatable bonds is 5. The van der Waals surface area contributed by atoms with Gasteiger partial charge in [0, 0.05) is 19.3 Å². The first-order valence-electron chi connectivity index (χ1n) is 6.29. The molecule has 0 saturated carbocycles. The lowest BCUT2D eigenvalue weighted by molar-refractivity contribution is 0.294. The van der Waals surface area contributed by atoms with Gasteiger partial charge in [-0.25, -0.2) is 4.98 Å². The van der Waals surface area contributed by atoms with Crippen molar-refractivity contribution in [3.63, 3.8) is 0 Å². The number of nitrogens with two attached hydrogens (primary N) is 1. The monoisotopic (exact) mass is 235 g/mol. The number of hydrogen-bond donors (Lipinski definition) is 2. The Balaban J connectivity index is 1.73. The van der Waals surface area contributed by atoms with Crippen molar-refractivity contribution in [1.82, 2.24) is 14.9 Å². The van der Waals surface area contributed by atoms with Crippen LogP contribution in [0.2, 0.25) is 0 Å². The first-order chi connectivity index (χ1) is 8.24. The molecule has 0 radical (unpaired) electrons. The van der Waals surface area contributed by atoms with Gasteiger partial charge in [-0.1, -0.05) is 6.92 Å². The van der Waals surface area contributed by atoms with E-state index in [1.54, 1.807) is 12.3 Å². The fraction of sp³-hybridized carbons (Fsp3) is 0.667. The second-order valence-electron chi connectivity index (χ2n) is 4.80. The maximum Gasteiger partial charge on any atom is 0.224 e. The van der Waals surface area contributed by atoms with Crippen LogP contribution in [-0.2, 0) is 0 Å². The molecule has 1 aliphatic rings. The van der Waals surface area contributed by atoms with Gasteiger partial charge in [0.25, 0.3) is 0 Å². The third-order valence-electron chi connectivity index (χ3n) is 3.05. The van der Waals surface area contributed by atoms with E-state index in [1.165, 1.54) is 25.9 Å². The smallest absolute Gasteiger partial charge is 0.224 e. The molecule has 1 aromatic heterocycles. The third-order valence-corrected chi connectivity index (χ3v) is 3.05. The Kier molecular flexibility index (Phi) is 4.14. The second-order valence-corrected chi connectivity index (χ2v) is 4.80. The molecule has 1 atom stereocenters. The van der Waals surface area contributed by atoms with Gasteiger partial charge >= 0.3 is 0 Å². The molecule has 17 heavy (non-hydrogen) atoms. The third kappa shape index (κ3) is 3.85. The molecule has 5 heteroatoms. The van der Waals surface area contributed by atoms with Crippen molar-refractivity contribution < 1.29 is 0 Å². The van der Waals surface area contributed by atoms with Gasteiger partial charge in [-0.15, -0.1) is 0 Å². The SMILES string of the molecule is CC(CNc1nccc(N)n1)CN1CCCC1. The highest BCUT2D eigenvalue weighted by Gasteiger charge is 2.14. The predicted molar refractivity (Wildman–Crippen MR) is 69.8 cm³/mol. The standard InChI is InChI=1S/C12H21N5/c1-10(9-17-6-2-3-7-17)8-15-12-14-5-4-11(13)16-12/h4-5,10H,2-3,6-9H2,1H3,(H3,13,14,15,16). The summed E-state index contributed by atoms with van der Waals surface area (Å²) < 4.78 is 0. The van der Waals surface area contributed by atoms with Crippen molar-refractivity contribution in [1.29, 1.82) is 0 Å². The van der Waals surface area contributed by atoms with Crippen LogP contribution in [0.5, 0.6) is 0 Å². The molecule has 1 fully saturated rings.